The minimum absolute atomic E-state index is 0.124. The second-order valence-corrected chi connectivity index (χ2v) is 6.60. The van der Waals surface area contributed by atoms with Gasteiger partial charge in [-0.1, -0.05) is 31.4 Å². The Labute approximate surface area is 126 Å². The van der Waals surface area contributed by atoms with Crippen molar-refractivity contribution in [1.82, 2.24) is 14.7 Å². The molecule has 1 heterocycles. The molecule has 0 aromatic carbocycles. The van der Waals surface area contributed by atoms with Gasteiger partial charge in [0, 0.05) is 12.5 Å². The minimum atomic E-state index is 0.124. The van der Waals surface area contributed by atoms with Crippen LogP contribution in [0.2, 0.25) is 5.02 Å². The maximum Gasteiger partial charge on any atom is 0.185 e. The Morgan fingerprint density at radius 1 is 1.40 bits per heavy atom. The van der Waals surface area contributed by atoms with Crippen LogP contribution in [-0.2, 0) is 6.54 Å². The highest BCUT2D eigenvalue weighted by molar-refractivity contribution is 6.33. The van der Waals surface area contributed by atoms with Crippen LogP contribution in [-0.4, -0.2) is 41.1 Å². The number of hydrogen-bond acceptors (Lipinski definition) is 3. The molecule has 20 heavy (non-hydrogen) atoms. The summed E-state index contributed by atoms with van der Waals surface area (Å²) in [4.78, 5) is 14.8. The number of hydrogen-bond donors (Lipinski definition) is 0. The Hall–Kier alpha value is -0.870. The highest BCUT2D eigenvalue weighted by Crippen LogP contribution is 2.32. The molecule has 2 rings (SSSR count). The summed E-state index contributed by atoms with van der Waals surface area (Å²) in [6, 6.07) is 0. The molecule has 0 saturated heterocycles. The van der Waals surface area contributed by atoms with Crippen LogP contribution in [0, 0.1) is 11.8 Å². The van der Waals surface area contributed by atoms with E-state index in [1.165, 1.54) is 0 Å². The van der Waals surface area contributed by atoms with Crippen LogP contribution in [0.15, 0.2) is 6.20 Å². The molecule has 0 aliphatic heterocycles. The fraction of sp³-hybridized carbons (Fsp3) is 0.733. The highest BCUT2D eigenvalue weighted by atomic mass is 35.5. The molecule has 0 spiro atoms. The van der Waals surface area contributed by atoms with Gasteiger partial charge in [0.25, 0.3) is 0 Å². The van der Waals surface area contributed by atoms with Crippen LogP contribution in [0.4, 0.5) is 0 Å². The van der Waals surface area contributed by atoms with Crippen molar-refractivity contribution in [1.29, 1.82) is 0 Å². The first kappa shape index (κ1) is 15.5. The molecule has 1 aliphatic rings. The van der Waals surface area contributed by atoms with E-state index in [1.54, 1.807) is 10.9 Å². The summed E-state index contributed by atoms with van der Waals surface area (Å²) < 4.78 is 1.77. The van der Waals surface area contributed by atoms with Crippen LogP contribution in [0.3, 0.4) is 0 Å². The van der Waals surface area contributed by atoms with Crippen molar-refractivity contribution < 1.29 is 4.79 Å². The molecular formula is C15H24ClN3O. The van der Waals surface area contributed by atoms with Gasteiger partial charge in [-0.2, -0.15) is 5.10 Å². The van der Waals surface area contributed by atoms with Crippen LogP contribution in [0.5, 0.6) is 0 Å². The normalized spacial score (nSPS) is 23.2. The van der Waals surface area contributed by atoms with Gasteiger partial charge in [-0.3, -0.25) is 9.48 Å². The summed E-state index contributed by atoms with van der Waals surface area (Å²) in [5, 5.41) is 4.75. The number of likely N-dealkylation sites (N-methyl/N-ethyl adjacent to an activating group) is 1. The monoisotopic (exact) mass is 297 g/mol. The third kappa shape index (κ3) is 3.61. The standard InChI is InChI=1S/C15H24ClN3O/c1-11-4-6-12(7-5-11)15(20)14-13(16)10-17-19(14)9-8-18(2)3/h10-12H,4-9H2,1-3H3. The molecule has 1 fully saturated rings. The third-order valence-electron chi connectivity index (χ3n) is 4.17. The molecule has 0 N–H and O–H groups in total. The molecule has 1 saturated carbocycles. The van der Waals surface area contributed by atoms with E-state index in [4.69, 9.17) is 11.6 Å². The summed E-state index contributed by atoms with van der Waals surface area (Å²) in [5.74, 6) is 1.05. The molecule has 0 unspecified atom stereocenters. The van der Waals surface area contributed by atoms with Gasteiger partial charge in [-0.25, -0.2) is 0 Å². The van der Waals surface area contributed by atoms with Gasteiger partial charge in [-0.05, 0) is 32.9 Å². The lowest BCUT2D eigenvalue weighted by Crippen LogP contribution is -2.26. The van der Waals surface area contributed by atoms with E-state index >= 15 is 0 Å². The van der Waals surface area contributed by atoms with Crippen molar-refractivity contribution in [2.75, 3.05) is 20.6 Å². The van der Waals surface area contributed by atoms with Crippen molar-refractivity contribution in [2.24, 2.45) is 11.8 Å². The van der Waals surface area contributed by atoms with Gasteiger partial charge in [0.1, 0.15) is 5.69 Å². The summed E-state index contributed by atoms with van der Waals surface area (Å²) in [5.41, 5.74) is 0.605. The molecule has 5 heteroatoms. The van der Waals surface area contributed by atoms with E-state index in [9.17, 15) is 4.79 Å². The van der Waals surface area contributed by atoms with Crippen LogP contribution >= 0.6 is 11.6 Å². The number of rotatable bonds is 5. The SMILES string of the molecule is CC1CCC(C(=O)c2c(Cl)cnn2CCN(C)C)CC1. The first-order valence-corrected chi connectivity index (χ1v) is 7.77. The smallest absolute Gasteiger partial charge is 0.185 e. The number of ketones is 1. The lowest BCUT2D eigenvalue weighted by Gasteiger charge is -2.25. The van der Waals surface area contributed by atoms with E-state index in [0.29, 0.717) is 17.3 Å². The summed E-state index contributed by atoms with van der Waals surface area (Å²) >= 11 is 6.19. The molecule has 112 valence electrons. The Balaban J connectivity index is 2.10. The zero-order valence-electron chi connectivity index (χ0n) is 12.6. The number of nitrogens with zero attached hydrogens (tertiary/aromatic N) is 3. The average molecular weight is 298 g/mol. The van der Waals surface area contributed by atoms with Gasteiger partial charge in [0.15, 0.2) is 5.78 Å². The Kier molecular flexibility index (Phi) is 5.22. The molecule has 1 aromatic rings. The van der Waals surface area contributed by atoms with Gasteiger partial charge in [-0.15, -0.1) is 0 Å². The lowest BCUT2D eigenvalue weighted by atomic mass is 9.80. The molecule has 1 aliphatic carbocycles. The predicted octanol–water partition coefficient (Wildman–Crippen LogP) is 3.11. The van der Waals surface area contributed by atoms with Crippen LogP contribution in [0.25, 0.3) is 0 Å². The zero-order chi connectivity index (χ0) is 14.7. The van der Waals surface area contributed by atoms with Gasteiger partial charge in [0.05, 0.1) is 17.8 Å². The molecule has 0 amide bonds. The minimum Gasteiger partial charge on any atom is -0.308 e. The molecule has 1 aromatic heterocycles. The fourth-order valence-corrected chi connectivity index (χ4v) is 3.02. The number of Topliss-reactive ketones (excluding diaryl/α,β-unsaturated/α-hetero) is 1. The maximum absolute atomic E-state index is 12.7. The van der Waals surface area contributed by atoms with Gasteiger partial charge < -0.3 is 4.90 Å². The fourth-order valence-electron chi connectivity index (χ4n) is 2.79. The van der Waals surface area contributed by atoms with Crippen molar-refractivity contribution in [3.05, 3.63) is 16.9 Å². The second kappa shape index (κ2) is 6.72. The molecule has 4 nitrogen and oxygen atoms in total. The van der Waals surface area contributed by atoms with Crippen molar-refractivity contribution in [3.8, 4) is 0 Å². The van der Waals surface area contributed by atoms with Crippen LogP contribution in [0.1, 0.15) is 43.1 Å². The zero-order valence-corrected chi connectivity index (χ0v) is 13.4. The van der Waals surface area contributed by atoms with E-state index in [2.05, 4.69) is 16.9 Å². The Morgan fingerprint density at radius 3 is 2.65 bits per heavy atom. The van der Waals surface area contributed by atoms with E-state index in [1.807, 2.05) is 14.1 Å². The van der Waals surface area contributed by atoms with E-state index in [0.717, 1.165) is 38.1 Å². The summed E-state index contributed by atoms with van der Waals surface area (Å²) in [6.45, 7) is 3.80. The largest absolute Gasteiger partial charge is 0.308 e. The number of halogens is 1. The molecular weight excluding hydrogens is 274 g/mol. The van der Waals surface area contributed by atoms with Crippen molar-refractivity contribution >= 4 is 17.4 Å². The quantitative estimate of drug-likeness (QED) is 0.784. The summed E-state index contributed by atoms with van der Waals surface area (Å²) in [7, 11) is 4.02. The van der Waals surface area contributed by atoms with Gasteiger partial charge in [0.2, 0.25) is 0 Å². The average Bonchev–Trinajstić information content (AvgIpc) is 2.77. The predicted molar refractivity (Wildman–Crippen MR) is 81.2 cm³/mol. The molecule has 0 atom stereocenters. The van der Waals surface area contributed by atoms with Crippen molar-refractivity contribution in [3.63, 3.8) is 0 Å². The third-order valence-corrected chi connectivity index (χ3v) is 4.45. The Morgan fingerprint density at radius 2 is 2.05 bits per heavy atom. The number of carbonyl (C=O) groups excluding carboxylic acids is 1. The first-order valence-electron chi connectivity index (χ1n) is 7.39. The van der Waals surface area contributed by atoms with Crippen LogP contribution < -0.4 is 0 Å². The maximum atomic E-state index is 12.7. The summed E-state index contributed by atoms with van der Waals surface area (Å²) in [6.07, 6.45) is 5.83. The van der Waals surface area contributed by atoms with E-state index in [-0.39, 0.29) is 11.7 Å². The molecule has 0 bridgehead atoms. The molecule has 0 radical (unpaired) electrons. The second-order valence-electron chi connectivity index (χ2n) is 6.19. The topological polar surface area (TPSA) is 38.1 Å². The van der Waals surface area contributed by atoms with Gasteiger partial charge >= 0.3 is 0 Å². The highest BCUT2D eigenvalue weighted by Gasteiger charge is 2.29. The Bertz CT molecular complexity index is 462. The lowest BCUT2D eigenvalue weighted by molar-refractivity contribution is 0.0863. The van der Waals surface area contributed by atoms with E-state index < -0.39 is 0 Å². The number of aromatic nitrogens is 2. The number of carbonyl (C=O) groups is 1. The van der Waals surface area contributed by atoms with Crippen molar-refractivity contribution in [2.45, 2.75) is 39.2 Å². The first-order chi connectivity index (χ1) is 9.49.